The zero-order valence-electron chi connectivity index (χ0n) is 16.0. The summed E-state index contributed by atoms with van der Waals surface area (Å²) < 4.78 is 4.71. The van der Waals surface area contributed by atoms with Crippen molar-refractivity contribution >= 4 is 18.5 Å². The Hall–Kier alpha value is 0.530. The first kappa shape index (κ1) is 21.8. The molecule has 2 rings (SSSR count). The lowest BCUT2D eigenvalue weighted by Gasteiger charge is -2.19. The van der Waals surface area contributed by atoms with Gasteiger partial charge >= 0.3 is 0 Å². The molecule has 2 saturated carbocycles. The third-order valence-electron chi connectivity index (χ3n) is 6.15. The minimum Gasteiger partial charge on any atom is -0.780 e. The van der Waals surface area contributed by atoms with E-state index in [1.165, 1.54) is 70.6 Å². The molecule has 0 heterocycles. The topological polar surface area (TPSA) is 52.5 Å². The molecule has 5 unspecified atom stereocenters. The van der Waals surface area contributed by atoms with Gasteiger partial charge in [0.2, 0.25) is 0 Å². The quantitative estimate of drug-likeness (QED) is 0.278. The fourth-order valence-corrected chi connectivity index (χ4v) is 4.93. The number of unbranched alkanes of at least 4 members (excludes halogenated alkanes) is 7. The van der Waals surface area contributed by atoms with E-state index in [-0.39, 0.29) is 0 Å². The van der Waals surface area contributed by atoms with Crippen LogP contribution >= 0.6 is 6.72 Å². The second-order valence-electron chi connectivity index (χ2n) is 8.45. The van der Waals surface area contributed by atoms with Crippen molar-refractivity contribution in [3.05, 3.63) is 0 Å². The van der Waals surface area contributed by atoms with Crippen LogP contribution in [0.15, 0.2) is 0 Å². The second kappa shape index (κ2) is 11.4. The molecule has 0 aromatic carbocycles. The molecule has 0 saturated heterocycles. The molecule has 0 aliphatic heterocycles. The van der Waals surface area contributed by atoms with E-state index >= 15 is 0 Å². The monoisotopic (exact) mass is 389 g/mol. The summed E-state index contributed by atoms with van der Waals surface area (Å²) in [6.45, 7) is -1.06. The molecule has 0 bridgehead atoms. The molecular formula is C20H38O3PS-. The Labute approximate surface area is 160 Å². The van der Waals surface area contributed by atoms with Gasteiger partial charge in [0.25, 0.3) is 0 Å². The summed E-state index contributed by atoms with van der Waals surface area (Å²) in [5, 5.41) is 0. The van der Waals surface area contributed by atoms with E-state index in [4.69, 9.17) is 9.42 Å². The van der Waals surface area contributed by atoms with Gasteiger partial charge in [0.05, 0.1) is 6.61 Å². The fourth-order valence-electron chi connectivity index (χ4n) is 4.35. The number of hydrogen-bond donors (Lipinski definition) is 1. The SMILES string of the molecule is CCCCCC1CC1CC1CC1CCCCCCCCOP([O-])(O)=S. The molecule has 2 fully saturated rings. The maximum absolute atomic E-state index is 10.8. The van der Waals surface area contributed by atoms with Crippen LogP contribution in [0.25, 0.3) is 0 Å². The molecule has 148 valence electrons. The molecule has 2 aliphatic carbocycles. The lowest BCUT2D eigenvalue weighted by Crippen LogP contribution is -2.03. The van der Waals surface area contributed by atoms with Gasteiger partial charge < -0.3 is 14.3 Å². The Morgan fingerprint density at radius 1 is 0.880 bits per heavy atom. The number of hydrogen-bond acceptors (Lipinski definition) is 3. The van der Waals surface area contributed by atoms with E-state index in [1.54, 1.807) is 6.42 Å². The minimum atomic E-state index is -3.68. The van der Waals surface area contributed by atoms with Crippen molar-refractivity contribution in [2.75, 3.05) is 6.61 Å². The summed E-state index contributed by atoms with van der Waals surface area (Å²) in [6, 6.07) is 0. The van der Waals surface area contributed by atoms with Crippen molar-refractivity contribution < 1.29 is 14.3 Å². The van der Waals surface area contributed by atoms with E-state index in [1.807, 2.05) is 0 Å². The highest BCUT2D eigenvalue weighted by Crippen LogP contribution is 2.54. The van der Waals surface area contributed by atoms with Gasteiger partial charge in [0.15, 0.2) is 0 Å². The molecule has 3 nitrogen and oxygen atoms in total. The summed E-state index contributed by atoms with van der Waals surface area (Å²) >= 11 is 4.31. The van der Waals surface area contributed by atoms with Crippen molar-refractivity contribution in [2.24, 2.45) is 23.7 Å². The van der Waals surface area contributed by atoms with Gasteiger partial charge in [-0.05, 0) is 49.4 Å². The van der Waals surface area contributed by atoms with Crippen LogP contribution in [0.5, 0.6) is 0 Å². The highest BCUT2D eigenvalue weighted by molar-refractivity contribution is 8.06. The standard InChI is InChI=1S/C20H39O3PS/c1-2-3-8-11-17-14-19(17)16-20-15-18(20)12-9-6-4-5-7-10-13-23-24(21,22)25/h17-20H,2-16H2,1H3,(H2,21,22,25)/p-1. The van der Waals surface area contributed by atoms with Gasteiger partial charge in [-0.3, -0.25) is 0 Å². The zero-order valence-corrected chi connectivity index (χ0v) is 17.7. The van der Waals surface area contributed by atoms with Gasteiger partial charge in [-0.2, -0.15) is 0 Å². The Kier molecular flexibility index (Phi) is 9.94. The smallest absolute Gasteiger partial charge is 0.112 e. The fraction of sp³-hybridized carbons (Fsp3) is 1.00. The van der Waals surface area contributed by atoms with Crippen LogP contribution in [-0.4, -0.2) is 11.5 Å². The average molecular weight is 390 g/mol. The lowest BCUT2D eigenvalue weighted by molar-refractivity contribution is -0.201. The largest absolute Gasteiger partial charge is 0.780 e. The summed E-state index contributed by atoms with van der Waals surface area (Å²) in [5.74, 6) is 4.32. The Morgan fingerprint density at radius 2 is 1.40 bits per heavy atom. The summed E-state index contributed by atoms with van der Waals surface area (Å²) in [7, 11) is 0. The highest BCUT2D eigenvalue weighted by atomic mass is 32.5. The van der Waals surface area contributed by atoms with Crippen molar-refractivity contribution in [2.45, 2.75) is 96.8 Å². The van der Waals surface area contributed by atoms with E-state index in [9.17, 15) is 4.89 Å². The van der Waals surface area contributed by atoms with Gasteiger partial charge in [-0.25, -0.2) is 0 Å². The highest BCUT2D eigenvalue weighted by Gasteiger charge is 2.44. The summed E-state index contributed by atoms with van der Waals surface area (Å²) in [5.41, 5.74) is 0. The lowest BCUT2D eigenvalue weighted by atomic mass is 10.0. The maximum Gasteiger partial charge on any atom is 0.112 e. The summed E-state index contributed by atoms with van der Waals surface area (Å²) in [4.78, 5) is 19.6. The minimum absolute atomic E-state index is 0.321. The van der Waals surface area contributed by atoms with Gasteiger partial charge in [0.1, 0.15) is 6.72 Å². The Morgan fingerprint density at radius 3 is 1.96 bits per heavy atom. The molecule has 0 amide bonds. The van der Waals surface area contributed by atoms with Crippen molar-refractivity contribution in [1.82, 2.24) is 0 Å². The zero-order chi connectivity index (χ0) is 18.1. The molecule has 0 spiro atoms. The summed E-state index contributed by atoms with van der Waals surface area (Å²) in [6.07, 6.45) is 18.9. The molecule has 25 heavy (non-hydrogen) atoms. The normalized spacial score (nSPS) is 30.2. The van der Waals surface area contributed by atoms with Crippen molar-refractivity contribution in [3.8, 4) is 0 Å². The molecule has 0 aromatic heterocycles. The Balaban J connectivity index is 1.33. The molecule has 2 aliphatic rings. The molecule has 5 atom stereocenters. The van der Waals surface area contributed by atoms with E-state index < -0.39 is 6.72 Å². The van der Waals surface area contributed by atoms with E-state index in [0.717, 1.165) is 36.5 Å². The predicted octanol–water partition coefficient (Wildman–Crippen LogP) is 5.55. The van der Waals surface area contributed by atoms with Crippen LogP contribution in [0, 0.1) is 23.7 Å². The van der Waals surface area contributed by atoms with Crippen LogP contribution in [0.3, 0.4) is 0 Å². The van der Waals surface area contributed by atoms with Crippen LogP contribution in [0.2, 0.25) is 0 Å². The van der Waals surface area contributed by atoms with Crippen LogP contribution in [0.4, 0.5) is 0 Å². The van der Waals surface area contributed by atoms with Crippen molar-refractivity contribution in [1.29, 1.82) is 0 Å². The van der Waals surface area contributed by atoms with Crippen molar-refractivity contribution in [3.63, 3.8) is 0 Å². The van der Waals surface area contributed by atoms with E-state index in [0.29, 0.717) is 6.61 Å². The first-order valence-electron chi connectivity index (χ1n) is 10.7. The maximum atomic E-state index is 10.8. The molecular weight excluding hydrogens is 351 g/mol. The number of rotatable bonds is 16. The predicted molar refractivity (Wildman–Crippen MR) is 107 cm³/mol. The van der Waals surface area contributed by atoms with E-state index in [2.05, 4.69) is 18.7 Å². The van der Waals surface area contributed by atoms with Crippen LogP contribution in [0.1, 0.15) is 96.8 Å². The van der Waals surface area contributed by atoms with Gasteiger partial charge in [-0.15, -0.1) is 0 Å². The third kappa shape index (κ3) is 10.4. The van der Waals surface area contributed by atoms with Crippen LogP contribution < -0.4 is 4.89 Å². The average Bonchev–Trinajstić information content (AvgIpc) is 3.45. The second-order valence-corrected chi connectivity index (χ2v) is 11.0. The van der Waals surface area contributed by atoms with Crippen LogP contribution in [-0.2, 0) is 16.3 Å². The third-order valence-corrected chi connectivity index (χ3v) is 6.97. The molecule has 0 aromatic rings. The first-order valence-corrected chi connectivity index (χ1v) is 13.3. The molecule has 5 heteroatoms. The van der Waals surface area contributed by atoms with Gasteiger partial charge in [0, 0.05) is 0 Å². The molecule has 1 N–H and O–H groups in total. The Bertz CT molecular complexity index is 412. The molecule has 0 radical (unpaired) electrons. The first-order chi connectivity index (χ1) is 12.0. The van der Waals surface area contributed by atoms with Gasteiger partial charge in [-0.1, -0.05) is 82.9 Å².